The van der Waals surface area contributed by atoms with E-state index in [2.05, 4.69) is 47.8 Å². The maximum atomic E-state index is 12.3. The summed E-state index contributed by atoms with van der Waals surface area (Å²) >= 11 is 10.1. The number of ether oxygens (including phenoxy) is 4. The van der Waals surface area contributed by atoms with E-state index in [9.17, 15) is 53.1 Å². The molecule has 0 aromatic carbocycles. The predicted octanol–water partition coefficient (Wildman–Crippen LogP) is 21.1. The zero-order chi connectivity index (χ0) is 79.2. The topological polar surface area (TPSA) is 309 Å². The molecular formula is C84H143Br3O19. The van der Waals surface area contributed by atoms with E-state index in [1.807, 2.05) is 83.1 Å². The molecule has 8 fully saturated rings. The molecule has 0 aliphatic heterocycles. The van der Waals surface area contributed by atoms with Gasteiger partial charge in [0.2, 0.25) is 0 Å². The molecule has 106 heavy (non-hydrogen) atoms. The van der Waals surface area contributed by atoms with Gasteiger partial charge in [-0.2, -0.15) is 0 Å². The number of aliphatic hydroxyl groups excluding tert-OH is 1. The fraction of sp³-hybridized carbons (Fsp3) is 0.881. The first-order valence-electron chi connectivity index (χ1n) is 40.1. The van der Waals surface area contributed by atoms with Crippen LogP contribution in [0.1, 0.15) is 379 Å². The number of halogens is 3. The standard InChI is InChI=1S/C25H42O5.C17H28O5.C17H26O5.C12H21BrO2.C8H14O2.C4H8Br2.CH4/c1-22(2,3)29-20(27)24(15-16-24)13-9-7-11-19(26)12-8-10-14-25(17-18-25)21(28)30-23(4,5)6;2*18-13(5-1-3-7-16(9-10-16)14(19)20)6-2-4-8-17(11-12-17)15(21)22;1-11(2,3)15-10(14)12(7-8-12)6-4-5-9-13;1-8(2,3)10-7(9)6-4-5-6;5-3-1-2-4-6;/h7-18H2,1-6H3;13,18H,1-12H2,(H,19,20)(H,21,22);1-12H2,(H,19,20)(H,21,22);4-9H2,1-3H3;6H,4-5H2,1-3H3;1-4H2;1H4. The van der Waals surface area contributed by atoms with Crippen LogP contribution in [0.4, 0.5) is 0 Å². The normalized spacial score (nSPS) is 18.9. The number of Topliss-reactive ketones (excluding diaryl/α,β-unsaturated/α-hetero) is 2. The molecule has 22 heteroatoms. The lowest BCUT2D eigenvalue weighted by atomic mass is 9.95. The van der Waals surface area contributed by atoms with E-state index in [-0.39, 0.29) is 76.6 Å². The van der Waals surface area contributed by atoms with Gasteiger partial charge in [0.05, 0.1) is 49.9 Å². The highest BCUT2D eigenvalue weighted by Crippen LogP contribution is 2.56. The van der Waals surface area contributed by atoms with Gasteiger partial charge in [0.15, 0.2) is 0 Å². The first-order chi connectivity index (χ1) is 48.9. The van der Waals surface area contributed by atoms with Crippen molar-refractivity contribution in [1.82, 2.24) is 0 Å². The summed E-state index contributed by atoms with van der Waals surface area (Å²) in [5, 5.41) is 49.5. The third-order valence-electron chi connectivity index (χ3n) is 21.5. The van der Waals surface area contributed by atoms with Gasteiger partial charge in [-0.1, -0.05) is 113 Å². The number of alkyl halides is 3. The van der Waals surface area contributed by atoms with Gasteiger partial charge in [-0.3, -0.25) is 47.9 Å². The second-order valence-electron chi connectivity index (χ2n) is 36.3. The average Bonchev–Trinajstić information content (AvgIpc) is 1.65. The molecule has 8 aliphatic carbocycles. The summed E-state index contributed by atoms with van der Waals surface area (Å²) in [4.78, 5) is 116. The van der Waals surface area contributed by atoms with Gasteiger partial charge >= 0.3 is 47.8 Å². The first kappa shape index (κ1) is 98.6. The summed E-state index contributed by atoms with van der Waals surface area (Å²) < 4.78 is 21.7. The number of hydrogen-bond donors (Lipinski definition) is 5. The Kier molecular flexibility index (Phi) is 42.1. The average molecular weight is 1700 g/mol. The van der Waals surface area contributed by atoms with Crippen LogP contribution in [-0.2, 0) is 66.9 Å². The van der Waals surface area contributed by atoms with E-state index >= 15 is 0 Å². The molecule has 0 bridgehead atoms. The number of aliphatic hydroxyl groups is 1. The second kappa shape index (κ2) is 45.3. The minimum absolute atomic E-state index is 0. The summed E-state index contributed by atoms with van der Waals surface area (Å²) in [6.07, 6.45) is 37.8. The van der Waals surface area contributed by atoms with Crippen LogP contribution >= 0.6 is 47.8 Å². The molecule has 0 heterocycles. The van der Waals surface area contributed by atoms with Crippen molar-refractivity contribution in [1.29, 1.82) is 0 Å². The summed E-state index contributed by atoms with van der Waals surface area (Å²) in [6, 6.07) is 0. The molecule has 8 aliphatic rings. The van der Waals surface area contributed by atoms with Crippen LogP contribution in [0.5, 0.6) is 0 Å². The number of carbonyl (C=O) groups is 10. The summed E-state index contributed by atoms with van der Waals surface area (Å²) in [7, 11) is 0. The highest BCUT2D eigenvalue weighted by molar-refractivity contribution is 9.09. The van der Waals surface area contributed by atoms with E-state index < -0.39 is 56.7 Å². The Labute approximate surface area is 663 Å². The zero-order valence-electron chi connectivity index (χ0n) is 66.7. The number of carbonyl (C=O) groups excluding carboxylic acids is 6. The summed E-state index contributed by atoms with van der Waals surface area (Å²) in [6.45, 7) is 22.9. The van der Waals surface area contributed by atoms with E-state index in [1.54, 1.807) is 0 Å². The third-order valence-corrected chi connectivity index (χ3v) is 23.2. The second-order valence-corrected chi connectivity index (χ2v) is 38.7. The molecule has 0 radical (unpaired) electrons. The smallest absolute Gasteiger partial charge is 0.312 e. The number of ketones is 2. The fourth-order valence-corrected chi connectivity index (χ4v) is 14.0. The van der Waals surface area contributed by atoms with Gasteiger partial charge in [0.1, 0.15) is 34.0 Å². The van der Waals surface area contributed by atoms with Gasteiger partial charge in [-0.25, -0.2) is 0 Å². The maximum absolute atomic E-state index is 12.3. The SMILES string of the molecule is BrCCCCBr.C.CC(C)(C)OC(=O)C1(CCCCBr)CC1.CC(C)(C)OC(=O)C1(CCCCC(=O)CCCCC2(C(=O)OC(C)(C)C)CC2)CC1.CC(C)(C)OC(=O)C1CC1.O=C(CCCCC1(C(=O)O)CC1)CCCCC1(C(=O)O)CC1.O=C(O)C1(CCCCC(O)CCCCC2(C(=O)O)CC2)CC1. The minimum atomic E-state index is -0.689. The highest BCUT2D eigenvalue weighted by atomic mass is 79.9. The molecule has 614 valence electrons. The molecule has 5 N–H and O–H groups in total. The largest absolute Gasteiger partial charge is 0.481 e. The monoisotopic (exact) mass is 1690 g/mol. The quantitative estimate of drug-likeness (QED) is 0.0164. The molecule has 0 atom stereocenters. The van der Waals surface area contributed by atoms with Gasteiger partial charge in [0.25, 0.3) is 0 Å². The Morgan fingerprint density at radius 2 is 0.519 bits per heavy atom. The molecule has 0 amide bonds. The fourth-order valence-electron chi connectivity index (χ4n) is 12.8. The van der Waals surface area contributed by atoms with Crippen molar-refractivity contribution in [3.05, 3.63) is 0 Å². The lowest BCUT2D eigenvalue weighted by Crippen LogP contribution is -2.29. The number of hydrogen-bond acceptors (Lipinski definition) is 15. The van der Waals surface area contributed by atoms with Gasteiger partial charge in [0, 0.05) is 41.7 Å². The van der Waals surface area contributed by atoms with E-state index in [0.717, 1.165) is 254 Å². The van der Waals surface area contributed by atoms with Crippen molar-refractivity contribution in [3.63, 3.8) is 0 Å². The van der Waals surface area contributed by atoms with Crippen molar-refractivity contribution in [2.45, 2.75) is 408 Å². The van der Waals surface area contributed by atoms with Crippen molar-refractivity contribution < 1.29 is 92.4 Å². The number of rotatable bonds is 45. The molecule has 0 unspecified atom stereocenters. The van der Waals surface area contributed by atoms with Crippen molar-refractivity contribution in [3.8, 4) is 0 Å². The molecule has 0 aromatic rings. The Morgan fingerprint density at radius 3 is 0.708 bits per heavy atom. The van der Waals surface area contributed by atoms with Crippen LogP contribution in [0.2, 0.25) is 0 Å². The number of carboxylic acids is 4. The van der Waals surface area contributed by atoms with Gasteiger partial charge in [-0.15, -0.1) is 0 Å². The van der Waals surface area contributed by atoms with Crippen LogP contribution in [-0.4, -0.2) is 129 Å². The van der Waals surface area contributed by atoms with Crippen molar-refractivity contribution in [2.24, 2.45) is 43.8 Å². The van der Waals surface area contributed by atoms with Crippen LogP contribution in [0.25, 0.3) is 0 Å². The van der Waals surface area contributed by atoms with Crippen molar-refractivity contribution >= 4 is 107 Å². The molecule has 8 rings (SSSR count). The Morgan fingerprint density at radius 1 is 0.321 bits per heavy atom. The number of aliphatic carboxylic acids is 4. The Hall–Kier alpha value is -3.50. The number of unbranched alkanes of at least 4 members (excludes halogenated alkanes) is 8. The molecule has 0 saturated heterocycles. The lowest BCUT2D eigenvalue weighted by molar-refractivity contribution is -0.163. The van der Waals surface area contributed by atoms with E-state index in [0.29, 0.717) is 44.3 Å². The van der Waals surface area contributed by atoms with Gasteiger partial charge < -0.3 is 44.5 Å². The first-order valence-corrected chi connectivity index (χ1v) is 43.5. The number of carboxylic acid groups (broad SMARTS) is 4. The third kappa shape index (κ3) is 40.1. The Balaban J connectivity index is 0.000000455. The lowest BCUT2D eigenvalue weighted by Gasteiger charge is -2.23. The highest BCUT2D eigenvalue weighted by Gasteiger charge is 2.55. The van der Waals surface area contributed by atoms with E-state index in [4.69, 9.17) is 39.4 Å². The van der Waals surface area contributed by atoms with Crippen molar-refractivity contribution in [2.75, 3.05) is 16.0 Å². The zero-order valence-corrected chi connectivity index (χ0v) is 71.4. The molecule has 8 saturated carbocycles. The molecule has 19 nitrogen and oxygen atoms in total. The summed E-state index contributed by atoms with van der Waals surface area (Å²) in [5.74, 6) is -2.12. The molecule has 0 aromatic heterocycles. The predicted molar refractivity (Wildman–Crippen MR) is 426 cm³/mol. The van der Waals surface area contributed by atoms with E-state index in [1.165, 1.54) is 12.8 Å². The minimum Gasteiger partial charge on any atom is -0.481 e. The van der Waals surface area contributed by atoms with Crippen LogP contribution in [0.15, 0.2) is 0 Å². The van der Waals surface area contributed by atoms with Gasteiger partial charge in [-0.05, 0) is 289 Å². The molecule has 0 spiro atoms. The van der Waals surface area contributed by atoms with Crippen LogP contribution in [0.3, 0.4) is 0 Å². The molecular weight excluding hydrogens is 1550 g/mol. The van der Waals surface area contributed by atoms with Crippen LogP contribution < -0.4 is 0 Å². The van der Waals surface area contributed by atoms with Crippen LogP contribution in [0, 0.1) is 43.8 Å². The summed E-state index contributed by atoms with van der Waals surface area (Å²) in [5.41, 5.74) is -4.04. The Bertz CT molecular complexity index is 2600. The number of esters is 4. The maximum Gasteiger partial charge on any atom is 0.312 e.